The van der Waals surface area contributed by atoms with Crippen LogP contribution in [-0.4, -0.2) is 47.8 Å². The van der Waals surface area contributed by atoms with Crippen LogP contribution in [0.25, 0.3) is 0 Å². The van der Waals surface area contributed by atoms with Crippen LogP contribution in [0.5, 0.6) is 0 Å². The molecule has 0 aliphatic rings. The van der Waals surface area contributed by atoms with Gasteiger partial charge in [0.05, 0.1) is 6.61 Å². The number of halogens is 1. The van der Waals surface area contributed by atoms with E-state index in [2.05, 4.69) is 34.1 Å². The first kappa shape index (κ1) is 16.9. The van der Waals surface area contributed by atoms with Crippen LogP contribution in [0.2, 0.25) is 5.28 Å². The lowest BCUT2D eigenvalue weighted by Gasteiger charge is -2.18. The lowest BCUT2D eigenvalue weighted by Crippen LogP contribution is -2.25. The standard InChI is InChI=1S/C13H24ClN5O/c1-5-19(6-2)13-17-11(14)16-12(18-13)15-7-8-20-9-10(3)4/h10H,5-9H2,1-4H3,(H,15,16,17,18). The molecule has 0 fully saturated rings. The van der Waals surface area contributed by atoms with E-state index in [1.165, 1.54) is 0 Å². The Kier molecular flexibility index (Phi) is 7.54. The first-order valence-corrected chi connectivity index (χ1v) is 7.42. The molecule has 1 heterocycles. The highest BCUT2D eigenvalue weighted by atomic mass is 35.5. The summed E-state index contributed by atoms with van der Waals surface area (Å²) in [6, 6.07) is 0. The molecule has 0 spiro atoms. The van der Waals surface area contributed by atoms with Crippen LogP contribution in [-0.2, 0) is 4.74 Å². The molecule has 1 aromatic rings. The van der Waals surface area contributed by atoms with Crippen LogP contribution in [0, 0.1) is 5.92 Å². The third kappa shape index (κ3) is 5.88. The molecule has 0 saturated heterocycles. The molecule has 1 N–H and O–H groups in total. The van der Waals surface area contributed by atoms with Crippen molar-refractivity contribution in [3.63, 3.8) is 0 Å². The van der Waals surface area contributed by atoms with Crippen molar-refractivity contribution in [2.45, 2.75) is 27.7 Å². The molecule has 0 aliphatic carbocycles. The van der Waals surface area contributed by atoms with Crippen LogP contribution in [0.1, 0.15) is 27.7 Å². The summed E-state index contributed by atoms with van der Waals surface area (Å²) in [5, 5.41) is 3.31. The van der Waals surface area contributed by atoms with E-state index in [1.54, 1.807) is 0 Å². The summed E-state index contributed by atoms with van der Waals surface area (Å²) in [5.41, 5.74) is 0. The zero-order valence-electron chi connectivity index (χ0n) is 12.7. The van der Waals surface area contributed by atoms with Gasteiger partial charge < -0.3 is 15.0 Å². The number of nitrogens with zero attached hydrogens (tertiary/aromatic N) is 4. The quantitative estimate of drug-likeness (QED) is 0.707. The molecule has 0 aromatic carbocycles. The average Bonchev–Trinajstić information content (AvgIpc) is 2.39. The van der Waals surface area contributed by atoms with Gasteiger partial charge in [0.15, 0.2) is 0 Å². The minimum absolute atomic E-state index is 0.201. The molecule has 7 heteroatoms. The summed E-state index contributed by atoms with van der Waals surface area (Å²) < 4.78 is 5.49. The summed E-state index contributed by atoms with van der Waals surface area (Å²) in [5.74, 6) is 1.62. The lowest BCUT2D eigenvalue weighted by atomic mass is 10.2. The SMILES string of the molecule is CCN(CC)c1nc(Cl)nc(NCCOCC(C)C)n1. The van der Waals surface area contributed by atoms with Gasteiger partial charge in [-0.3, -0.25) is 0 Å². The fourth-order valence-electron chi connectivity index (χ4n) is 1.62. The third-order valence-corrected chi connectivity index (χ3v) is 2.79. The normalized spacial score (nSPS) is 10.9. The third-order valence-electron chi connectivity index (χ3n) is 2.62. The monoisotopic (exact) mass is 301 g/mol. The molecule has 0 bridgehead atoms. The lowest BCUT2D eigenvalue weighted by molar-refractivity contribution is 0.118. The Morgan fingerprint density at radius 3 is 2.50 bits per heavy atom. The van der Waals surface area contributed by atoms with Gasteiger partial charge in [-0.2, -0.15) is 15.0 Å². The summed E-state index contributed by atoms with van der Waals surface area (Å²) in [6.07, 6.45) is 0. The number of hydrogen-bond donors (Lipinski definition) is 1. The second kappa shape index (κ2) is 8.92. The van der Waals surface area contributed by atoms with Crippen molar-refractivity contribution in [1.82, 2.24) is 15.0 Å². The highest BCUT2D eigenvalue weighted by Gasteiger charge is 2.09. The highest BCUT2D eigenvalue weighted by molar-refractivity contribution is 6.28. The molecule has 1 rings (SSSR count). The minimum atomic E-state index is 0.201. The Labute approximate surface area is 125 Å². The number of anilines is 2. The second-order valence-corrected chi connectivity index (χ2v) is 5.13. The van der Waals surface area contributed by atoms with Crippen LogP contribution < -0.4 is 10.2 Å². The topological polar surface area (TPSA) is 63.2 Å². The molecule has 0 atom stereocenters. The summed E-state index contributed by atoms with van der Waals surface area (Å²) in [4.78, 5) is 14.6. The zero-order valence-corrected chi connectivity index (χ0v) is 13.4. The molecular weight excluding hydrogens is 278 g/mol. The van der Waals surface area contributed by atoms with E-state index in [9.17, 15) is 0 Å². The molecule has 20 heavy (non-hydrogen) atoms. The zero-order chi connectivity index (χ0) is 15.0. The van der Waals surface area contributed by atoms with Gasteiger partial charge >= 0.3 is 0 Å². The van der Waals surface area contributed by atoms with E-state index in [-0.39, 0.29) is 5.28 Å². The van der Waals surface area contributed by atoms with Crippen molar-refractivity contribution in [2.24, 2.45) is 5.92 Å². The molecule has 0 radical (unpaired) electrons. The van der Waals surface area contributed by atoms with Crippen LogP contribution >= 0.6 is 11.6 Å². The Balaban J connectivity index is 2.53. The molecule has 0 unspecified atom stereocenters. The predicted octanol–water partition coefficient (Wildman–Crippen LogP) is 2.46. The van der Waals surface area contributed by atoms with Gasteiger partial charge in [-0.1, -0.05) is 13.8 Å². The maximum Gasteiger partial charge on any atom is 0.231 e. The fourth-order valence-corrected chi connectivity index (χ4v) is 1.78. The molecule has 0 saturated carbocycles. The first-order valence-electron chi connectivity index (χ1n) is 7.04. The van der Waals surface area contributed by atoms with E-state index in [0.717, 1.165) is 19.7 Å². The summed E-state index contributed by atoms with van der Waals surface area (Å²) in [7, 11) is 0. The first-order chi connectivity index (χ1) is 9.56. The molecular formula is C13H24ClN5O. The van der Waals surface area contributed by atoms with Crippen molar-refractivity contribution in [3.8, 4) is 0 Å². The van der Waals surface area contributed by atoms with Crippen LogP contribution in [0.15, 0.2) is 0 Å². The average molecular weight is 302 g/mol. The van der Waals surface area contributed by atoms with E-state index in [0.29, 0.717) is 31.0 Å². The highest BCUT2D eigenvalue weighted by Crippen LogP contribution is 2.13. The molecule has 114 valence electrons. The fraction of sp³-hybridized carbons (Fsp3) is 0.769. The molecule has 1 aromatic heterocycles. The van der Waals surface area contributed by atoms with E-state index in [1.807, 2.05) is 18.7 Å². The van der Waals surface area contributed by atoms with Crippen molar-refractivity contribution in [2.75, 3.05) is 43.1 Å². The van der Waals surface area contributed by atoms with Crippen LogP contribution in [0.4, 0.5) is 11.9 Å². The number of aromatic nitrogens is 3. The van der Waals surface area contributed by atoms with Gasteiger partial charge in [-0.25, -0.2) is 0 Å². The Hall–Kier alpha value is -1.14. The number of ether oxygens (including phenoxy) is 1. The van der Waals surface area contributed by atoms with Gasteiger partial charge in [-0.15, -0.1) is 0 Å². The van der Waals surface area contributed by atoms with Crippen molar-refractivity contribution >= 4 is 23.5 Å². The Morgan fingerprint density at radius 2 is 1.90 bits per heavy atom. The van der Waals surface area contributed by atoms with Gasteiger partial charge in [0.25, 0.3) is 0 Å². The van der Waals surface area contributed by atoms with Gasteiger partial charge in [0, 0.05) is 26.2 Å². The van der Waals surface area contributed by atoms with Gasteiger partial charge in [-0.05, 0) is 31.4 Å². The Morgan fingerprint density at radius 1 is 1.20 bits per heavy atom. The van der Waals surface area contributed by atoms with Gasteiger partial charge in [0.1, 0.15) is 0 Å². The minimum Gasteiger partial charge on any atom is -0.379 e. The van der Waals surface area contributed by atoms with Gasteiger partial charge in [0.2, 0.25) is 17.2 Å². The molecule has 6 nitrogen and oxygen atoms in total. The maximum atomic E-state index is 5.93. The Bertz CT molecular complexity index is 398. The van der Waals surface area contributed by atoms with Crippen molar-refractivity contribution in [3.05, 3.63) is 5.28 Å². The van der Waals surface area contributed by atoms with Crippen LogP contribution in [0.3, 0.4) is 0 Å². The summed E-state index contributed by atoms with van der Waals surface area (Å²) >= 11 is 5.93. The second-order valence-electron chi connectivity index (χ2n) is 4.80. The van der Waals surface area contributed by atoms with Crippen molar-refractivity contribution in [1.29, 1.82) is 0 Å². The number of nitrogens with one attached hydrogen (secondary N) is 1. The van der Waals surface area contributed by atoms with E-state index < -0.39 is 0 Å². The number of rotatable bonds is 9. The number of hydrogen-bond acceptors (Lipinski definition) is 6. The van der Waals surface area contributed by atoms with E-state index in [4.69, 9.17) is 16.3 Å². The molecule has 0 aliphatic heterocycles. The smallest absolute Gasteiger partial charge is 0.231 e. The maximum absolute atomic E-state index is 5.93. The molecule has 0 amide bonds. The predicted molar refractivity (Wildman–Crippen MR) is 82.5 cm³/mol. The van der Waals surface area contributed by atoms with E-state index >= 15 is 0 Å². The van der Waals surface area contributed by atoms with Crippen molar-refractivity contribution < 1.29 is 4.74 Å². The summed E-state index contributed by atoms with van der Waals surface area (Å²) in [6.45, 7) is 12.0. The largest absolute Gasteiger partial charge is 0.379 e.